The molecule has 5 heteroatoms. The van der Waals surface area contributed by atoms with Crippen LogP contribution in [0.1, 0.15) is 66.3 Å². The molecule has 1 rings (SSSR count). The number of Topliss-reactive ketones (excluding diaryl/α,β-unsaturated/α-hetero) is 1. The zero-order valence-corrected chi connectivity index (χ0v) is 13.6. The second-order valence-corrected chi connectivity index (χ2v) is 7.10. The summed E-state index contributed by atoms with van der Waals surface area (Å²) in [5, 5.41) is 3.97. The van der Waals surface area contributed by atoms with Gasteiger partial charge in [-0.05, 0) is 12.3 Å². The van der Waals surface area contributed by atoms with Gasteiger partial charge in [-0.3, -0.25) is 4.79 Å². The summed E-state index contributed by atoms with van der Waals surface area (Å²) in [7, 11) is 0. The van der Waals surface area contributed by atoms with Crippen LogP contribution in [0, 0.1) is 10.8 Å². The fourth-order valence-corrected chi connectivity index (χ4v) is 1.73. The van der Waals surface area contributed by atoms with E-state index >= 15 is 0 Å². The van der Waals surface area contributed by atoms with Crippen LogP contribution in [0.15, 0.2) is 4.52 Å². The minimum atomic E-state index is -0.405. The summed E-state index contributed by atoms with van der Waals surface area (Å²) < 4.78 is 10.9. The van der Waals surface area contributed by atoms with E-state index in [9.17, 15) is 4.79 Å². The number of carbonyl (C=O) groups is 1. The van der Waals surface area contributed by atoms with Gasteiger partial charge >= 0.3 is 0 Å². The van der Waals surface area contributed by atoms with E-state index in [0.717, 1.165) is 0 Å². The van der Waals surface area contributed by atoms with E-state index < -0.39 is 5.41 Å². The van der Waals surface area contributed by atoms with Gasteiger partial charge in [0.25, 0.3) is 0 Å². The van der Waals surface area contributed by atoms with Crippen molar-refractivity contribution < 1.29 is 14.1 Å². The van der Waals surface area contributed by atoms with Gasteiger partial charge in [-0.25, -0.2) is 0 Å². The molecule has 1 heterocycles. The van der Waals surface area contributed by atoms with Crippen LogP contribution >= 0.6 is 0 Å². The van der Waals surface area contributed by atoms with E-state index in [4.69, 9.17) is 9.26 Å². The predicted octanol–water partition coefficient (Wildman–Crippen LogP) is 3.35. The molecule has 0 spiro atoms. The number of rotatable bonds is 5. The first-order valence-corrected chi connectivity index (χ1v) is 7.03. The van der Waals surface area contributed by atoms with E-state index in [1.165, 1.54) is 0 Å². The number of aromatic nitrogens is 2. The van der Waals surface area contributed by atoms with Crippen molar-refractivity contribution in [1.29, 1.82) is 0 Å². The molecule has 20 heavy (non-hydrogen) atoms. The third-order valence-corrected chi connectivity index (χ3v) is 2.99. The molecule has 0 aliphatic carbocycles. The first-order chi connectivity index (χ1) is 9.05. The van der Waals surface area contributed by atoms with Crippen molar-refractivity contribution >= 4 is 5.78 Å². The Kier molecular flexibility index (Phi) is 5.08. The Morgan fingerprint density at radius 2 is 1.85 bits per heavy atom. The summed E-state index contributed by atoms with van der Waals surface area (Å²) in [5.74, 6) is 0.946. The molecule has 0 aliphatic rings. The van der Waals surface area contributed by atoms with Crippen molar-refractivity contribution in [3.05, 3.63) is 11.7 Å². The van der Waals surface area contributed by atoms with E-state index in [1.807, 2.05) is 27.7 Å². The average Bonchev–Trinajstić information content (AvgIpc) is 2.71. The van der Waals surface area contributed by atoms with Crippen molar-refractivity contribution in [3.8, 4) is 0 Å². The lowest BCUT2D eigenvalue weighted by atomic mass is 9.88. The quantitative estimate of drug-likeness (QED) is 0.828. The van der Waals surface area contributed by atoms with Crippen molar-refractivity contribution in [3.63, 3.8) is 0 Å². The van der Waals surface area contributed by atoms with Gasteiger partial charge in [0.2, 0.25) is 11.7 Å². The molecule has 0 N–H and O–H groups in total. The smallest absolute Gasteiger partial charge is 0.234 e. The Morgan fingerprint density at radius 3 is 2.30 bits per heavy atom. The highest BCUT2D eigenvalue weighted by Crippen LogP contribution is 2.34. The molecule has 1 aromatic heterocycles. The SMILES string of the molecule is CCOC(c1noc(CC(=O)C(C)(C)C)n1)C(C)(C)C. The zero-order chi connectivity index (χ0) is 15.6. The van der Waals surface area contributed by atoms with Gasteiger partial charge in [0.15, 0.2) is 0 Å². The van der Waals surface area contributed by atoms with E-state index in [2.05, 4.69) is 30.9 Å². The van der Waals surface area contributed by atoms with E-state index in [0.29, 0.717) is 18.3 Å². The maximum absolute atomic E-state index is 12.0. The summed E-state index contributed by atoms with van der Waals surface area (Å²) in [6.07, 6.45) is -0.0748. The fraction of sp³-hybridized carbons (Fsp3) is 0.800. The van der Waals surface area contributed by atoms with Crippen LogP contribution in [0.3, 0.4) is 0 Å². The predicted molar refractivity (Wildman–Crippen MR) is 76.3 cm³/mol. The van der Waals surface area contributed by atoms with Crippen LogP contribution < -0.4 is 0 Å². The molecule has 0 bridgehead atoms. The fourth-order valence-electron chi connectivity index (χ4n) is 1.73. The number of carbonyl (C=O) groups excluding carboxylic acids is 1. The Morgan fingerprint density at radius 1 is 1.25 bits per heavy atom. The number of hydrogen-bond donors (Lipinski definition) is 0. The summed E-state index contributed by atoms with van der Waals surface area (Å²) >= 11 is 0. The highest BCUT2D eigenvalue weighted by atomic mass is 16.5. The van der Waals surface area contributed by atoms with Crippen LogP contribution in [0.5, 0.6) is 0 Å². The molecule has 5 nitrogen and oxygen atoms in total. The van der Waals surface area contributed by atoms with Gasteiger partial charge in [0, 0.05) is 12.0 Å². The molecule has 114 valence electrons. The summed E-state index contributed by atoms with van der Waals surface area (Å²) in [6, 6.07) is 0. The number of hydrogen-bond acceptors (Lipinski definition) is 5. The summed E-state index contributed by atoms with van der Waals surface area (Å²) in [5.41, 5.74) is -0.539. The minimum absolute atomic E-state index is 0.0800. The molecule has 1 aromatic rings. The second kappa shape index (κ2) is 6.04. The van der Waals surface area contributed by atoms with Crippen molar-refractivity contribution in [2.75, 3.05) is 6.61 Å². The third kappa shape index (κ3) is 4.40. The van der Waals surface area contributed by atoms with Crippen LogP contribution in [-0.2, 0) is 16.0 Å². The molecule has 0 radical (unpaired) electrons. The zero-order valence-electron chi connectivity index (χ0n) is 13.6. The molecule has 0 aromatic carbocycles. The van der Waals surface area contributed by atoms with E-state index in [-0.39, 0.29) is 23.7 Å². The topological polar surface area (TPSA) is 65.2 Å². The minimum Gasteiger partial charge on any atom is -0.370 e. The molecule has 0 saturated carbocycles. The Bertz CT molecular complexity index is 452. The third-order valence-electron chi connectivity index (χ3n) is 2.99. The van der Waals surface area contributed by atoms with Crippen molar-refractivity contribution in [1.82, 2.24) is 10.1 Å². The molecular weight excluding hydrogens is 256 g/mol. The summed E-state index contributed by atoms with van der Waals surface area (Å²) in [6.45, 7) is 14.3. The maximum atomic E-state index is 12.0. The number of nitrogens with zero attached hydrogens (tertiary/aromatic N) is 2. The van der Waals surface area contributed by atoms with Gasteiger partial charge in [-0.15, -0.1) is 0 Å². The summed E-state index contributed by atoms with van der Waals surface area (Å²) in [4.78, 5) is 16.3. The molecule has 0 aliphatic heterocycles. The normalized spacial score (nSPS) is 14.3. The Hall–Kier alpha value is -1.23. The lowest BCUT2D eigenvalue weighted by Gasteiger charge is -2.27. The lowest BCUT2D eigenvalue weighted by molar-refractivity contribution is -0.125. The highest BCUT2D eigenvalue weighted by Gasteiger charge is 2.32. The lowest BCUT2D eigenvalue weighted by Crippen LogP contribution is -2.23. The molecule has 0 saturated heterocycles. The van der Waals surface area contributed by atoms with Crippen LogP contribution in [0.25, 0.3) is 0 Å². The molecule has 0 fully saturated rings. The number of ether oxygens (including phenoxy) is 1. The van der Waals surface area contributed by atoms with Crippen molar-refractivity contribution in [2.45, 2.75) is 61.0 Å². The second-order valence-electron chi connectivity index (χ2n) is 7.10. The van der Waals surface area contributed by atoms with Gasteiger partial charge in [0.05, 0.1) is 6.42 Å². The van der Waals surface area contributed by atoms with Crippen LogP contribution in [0.2, 0.25) is 0 Å². The average molecular weight is 282 g/mol. The molecule has 0 amide bonds. The first-order valence-electron chi connectivity index (χ1n) is 7.03. The monoisotopic (exact) mass is 282 g/mol. The van der Waals surface area contributed by atoms with E-state index in [1.54, 1.807) is 0 Å². The Balaban J connectivity index is 2.88. The van der Waals surface area contributed by atoms with Crippen molar-refractivity contribution in [2.24, 2.45) is 10.8 Å². The van der Waals surface area contributed by atoms with Crippen LogP contribution in [0.4, 0.5) is 0 Å². The van der Waals surface area contributed by atoms with Gasteiger partial charge in [-0.2, -0.15) is 4.98 Å². The van der Waals surface area contributed by atoms with Crippen LogP contribution in [-0.4, -0.2) is 22.5 Å². The van der Waals surface area contributed by atoms with Gasteiger partial charge in [0.1, 0.15) is 11.9 Å². The maximum Gasteiger partial charge on any atom is 0.234 e. The molecular formula is C15H26N2O3. The standard InChI is InChI=1S/C15H26N2O3/c1-8-19-12(15(5,6)7)13-16-11(20-17-13)9-10(18)14(2,3)4/h12H,8-9H2,1-7H3. The number of ketones is 1. The van der Waals surface area contributed by atoms with Gasteiger partial charge in [-0.1, -0.05) is 46.7 Å². The first kappa shape index (κ1) is 16.8. The molecule has 1 unspecified atom stereocenters. The Labute approximate surface area is 121 Å². The molecule has 1 atom stereocenters. The largest absolute Gasteiger partial charge is 0.370 e. The highest BCUT2D eigenvalue weighted by molar-refractivity contribution is 5.84. The van der Waals surface area contributed by atoms with Gasteiger partial charge < -0.3 is 9.26 Å².